The Balaban J connectivity index is 1.94. The van der Waals surface area contributed by atoms with Gasteiger partial charge in [0.2, 0.25) is 0 Å². The highest BCUT2D eigenvalue weighted by Crippen LogP contribution is 2.44. The average Bonchev–Trinajstić information content (AvgIpc) is 2.27. The van der Waals surface area contributed by atoms with Crippen molar-refractivity contribution in [3.8, 4) is 0 Å². The van der Waals surface area contributed by atoms with Gasteiger partial charge >= 0.3 is 5.97 Å². The molecule has 1 N–H and O–H groups in total. The topological polar surface area (TPSA) is 54.4 Å². The van der Waals surface area contributed by atoms with Crippen molar-refractivity contribution in [3.05, 3.63) is 0 Å². The van der Waals surface area contributed by atoms with Gasteiger partial charge in [-0.05, 0) is 50.4 Å². The lowest BCUT2D eigenvalue weighted by molar-refractivity contribution is -0.144. The van der Waals surface area contributed by atoms with Crippen LogP contribution in [0.4, 0.5) is 0 Å². The summed E-state index contributed by atoms with van der Waals surface area (Å²) in [6.07, 6.45) is 6.76. The largest absolute Gasteiger partial charge is 0.481 e. The lowest BCUT2D eigenvalue weighted by Crippen LogP contribution is -2.33. The number of carbonyl (C=O) groups excluding carboxylic acids is 1. The lowest BCUT2D eigenvalue weighted by Gasteiger charge is -2.39. The molecule has 4 atom stereocenters. The third kappa shape index (κ3) is 2.21. The third-order valence-electron chi connectivity index (χ3n) is 4.20. The molecule has 84 valence electrons. The van der Waals surface area contributed by atoms with Crippen molar-refractivity contribution >= 4 is 12.3 Å². The zero-order chi connectivity index (χ0) is 10.8. The van der Waals surface area contributed by atoms with Gasteiger partial charge in [-0.3, -0.25) is 4.79 Å². The predicted octanol–water partition coefficient (Wildman–Crippen LogP) is 2.10. The van der Waals surface area contributed by atoms with Crippen molar-refractivity contribution in [1.82, 2.24) is 0 Å². The number of carboxylic acid groups (broad SMARTS) is 1. The highest BCUT2D eigenvalue weighted by molar-refractivity contribution is 5.70. The molecule has 2 fully saturated rings. The van der Waals surface area contributed by atoms with Gasteiger partial charge < -0.3 is 9.90 Å². The third-order valence-corrected chi connectivity index (χ3v) is 4.20. The van der Waals surface area contributed by atoms with E-state index in [2.05, 4.69) is 0 Å². The maximum absolute atomic E-state index is 10.9. The van der Waals surface area contributed by atoms with E-state index in [-0.39, 0.29) is 11.8 Å². The van der Waals surface area contributed by atoms with E-state index < -0.39 is 5.97 Å². The van der Waals surface area contributed by atoms with E-state index in [1.165, 1.54) is 0 Å². The van der Waals surface area contributed by atoms with Crippen LogP contribution in [-0.2, 0) is 9.59 Å². The first-order chi connectivity index (χ1) is 7.20. The van der Waals surface area contributed by atoms with Gasteiger partial charge in [0, 0.05) is 5.92 Å². The number of fused-ring (bicyclic) bond motifs is 1. The second-order valence-corrected chi connectivity index (χ2v) is 5.08. The molecule has 15 heavy (non-hydrogen) atoms. The van der Waals surface area contributed by atoms with Gasteiger partial charge in [-0.1, -0.05) is 0 Å². The SMILES string of the molecule is O=CC1CCC2CC(C(=O)O)CCC2C1. The van der Waals surface area contributed by atoms with Crippen molar-refractivity contribution in [3.63, 3.8) is 0 Å². The zero-order valence-electron chi connectivity index (χ0n) is 8.89. The van der Waals surface area contributed by atoms with E-state index in [1.807, 2.05) is 0 Å². The first kappa shape index (κ1) is 10.7. The minimum Gasteiger partial charge on any atom is -0.481 e. The van der Waals surface area contributed by atoms with Gasteiger partial charge in [0.15, 0.2) is 0 Å². The van der Waals surface area contributed by atoms with Crippen LogP contribution in [-0.4, -0.2) is 17.4 Å². The summed E-state index contributed by atoms with van der Waals surface area (Å²) in [6.45, 7) is 0. The maximum atomic E-state index is 10.9. The average molecular weight is 210 g/mol. The van der Waals surface area contributed by atoms with Crippen molar-refractivity contribution in [1.29, 1.82) is 0 Å². The van der Waals surface area contributed by atoms with E-state index in [4.69, 9.17) is 5.11 Å². The summed E-state index contributed by atoms with van der Waals surface area (Å²) in [5.74, 6) is 0.665. The van der Waals surface area contributed by atoms with Gasteiger partial charge in [0.25, 0.3) is 0 Å². The predicted molar refractivity (Wildman–Crippen MR) is 55.4 cm³/mol. The van der Waals surface area contributed by atoms with Crippen LogP contribution in [0.1, 0.15) is 38.5 Å². The van der Waals surface area contributed by atoms with E-state index >= 15 is 0 Å². The number of carbonyl (C=O) groups is 2. The van der Waals surface area contributed by atoms with Crippen LogP contribution in [0.25, 0.3) is 0 Å². The molecular formula is C12H18O3. The molecule has 4 unspecified atom stereocenters. The highest BCUT2D eigenvalue weighted by Gasteiger charge is 2.37. The van der Waals surface area contributed by atoms with Crippen molar-refractivity contribution in [2.45, 2.75) is 38.5 Å². The number of carboxylic acids is 1. The van der Waals surface area contributed by atoms with Crippen LogP contribution in [0.5, 0.6) is 0 Å². The Hall–Kier alpha value is -0.860. The second-order valence-electron chi connectivity index (χ2n) is 5.08. The normalized spacial score (nSPS) is 40.5. The standard InChI is InChI=1S/C12H18O3/c13-7-8-1-2-10-6-11(12(14)15)4-3-9(10)5-8/h7-11H,1-6H2,(H,14,15). The Morgan fingerprint density at radius 2 is 1.73 bits per heavy atom. The quantitative estimate of drug-likeness (QED) is 0.710. The van der Waals surface area contributed by atoms with Gasteiger partial charge in [0.05, 0.1) is 5.92 Å². The van der Waals surface area contributed by atoms with Crippen molar-refractivity contribution in [2.24, 2.45) is 23.7 Å². The molecule has 0 bridgehead atoms. The Labute approximate surface area is 89.9 Å². The van der Waals surface area contributed by atoms with Crippen LogP contribution in [0.2, 0.25) is 0 Å². The molecule has 0 aliphatic heterocycles. The fraction of sp³-hybridized carbons (Fsp3) is 0.833. The van der Waals surface area contributed by atoms with Crippen LogP contribution in [0.3, 0.4) is 0 Å². The fourth-order valence-electron chi connectivity index (χ4n) is 3.27. The van der Waals surface area contributed by atoms with Gasteiger partial charge in [-0.2, -0.15) is 0 Å². The Kier molecular flexibility index (Phi) is 3.08. The molecule has 0 saturated heterocycles. The Morgan fingerprint density at radius 1 is 1.07 bits per heavy atom. The molecule has 0 heterocycles. The van der Waals surface area contributed by atoms with Crippen LogP contribution < -0.4 is 0 Å². The molecule has 2 aliphatic rings. The summed E-state index contributed by atoms with van der Waals surface area (Å²) < 4.78 is 0. The van der Waals surface area contributed by atoms with Crippen molar-refractivity contribution in [2.75, 3.05) is 0 Å². The van der Waals surface area contributed by atoms with E-state index in [0.717, 1.165) is 44.8 Å². The van der Waals surface area contributed by atoms with Gasteiger partial charge in [0.1, 0.15) is 6.29 Å². The van der Waals surface area contributed by atoms with E-state index in [1.54, 1.807) is 0 Å². The number of rotatable bonds is 2. The molecule has 0 aromatic carbocycles. The molecule has 2 aliphatic carbocycles. The van der Waals surface area contributed by atoms with Gasteiger partial charge in [-0.15, -0.1) is 0 Å². The monoisotopic (exact) mass is 210 g/mol. The highest BCUT2D eigenvalue weighted by atomic mass is 16.4. The second kappa shape index (κ2) is 4.33. The summed E-state index contributed by atoms with van der Waals surface area (Å²) in [6, 6.07) is 0. The molecule has 0 aromatic heterocycles. The molecule has 0 radical (unpaired) electrons. The van der Waals surface area contributed by atoms with Crippen molar-refractivity contribution < 1.29 is 14.7 Å². The number of hydrogen-bond donors (Lipinski definition) is 1. The molecular weight excluding hydrogens is 192 g/mol. The molecule has 0 aromatic rings. The molecule has 0 spiro atoms. The Bertz CT molecular complexity index is 262. The summed E-state index contributed by atoms with van der Waals surface area (Å²) in [5.41, 5.74) is 0. The summed E-state index contributed by atoms with van der Waals surface area (Å²) >= 11 is 0. The number of aliphatic carboxylic acids is 1. The fourth-order valence-corrected chi connectivity index (χ4v) is 3.27. The molecule has 2 saturated carbocycles. The first-order valence-corrected chi connectivity index (χ1v) is 5.88. The van der Waals surface area contributed by atoms with Crippen LogP contribution in [0, 0.1) is 23.7 Å². The molecule has 3 heteroatoms. The first-order valence-electron chi connectivity index (χ1n) is 5.88. The summed E-state index contributed by atoms with van der Waals surface area (Å²) in [5, 5.41) is 8.97. The Morgan fingerprint density at radius 3 is 2.40 bits per heavy atom. The molecule has 2 rings (SSSR count). The minimum atomic E-state index is -0.633. The summed E-state index contributed by atoms with van der Waals surface area (Å²) in [7, 11) is 0. The molecule has 3 nitrogen and oxygen atoms in total. The van der Waals surface area contributed by atoms with E-state index in [9.17, 15) is 9.59 Å². The minimum absolute atomic E-state index is 0.126. The zero-order valence-corrected chi connectivity index (χ0v) is 8.89. The lowest BCUT2D eigenvalue weighted by atomic mass is 9.65. The van der Waals surface area contributed by atoms with Crippen LogP contribution in [0.15, 0.2) is 0 Å². The summed E-state index contributed by atoms with van der Waals surface area (Å²) in [4.78, 5) is 21.6. The van der Waals surface area contributed by atoms with Crippen LogP contribution >= 0.6 is 0 Å². The van der Waals surface area contributed by atoms with Gasteiger partial charge in [-0.25, -0.2) is 0 Å². The number of aldehydes is 1. The number of hydrogen-bond acceptors (Lipinski definition) is 2. The molecule has 0 amide bonds. The van der Waals surface area contributed by atoms with E-state index in [0.29, 0.717) is 11.8 Å². The smallest absolute Gasteiger partial charge is 0.306 e. The maximum Gasteiger partial charge on any atom is 0.306 e.